The normalized spacial score (nSPS) is 10.7. The molecule has 1 aromatic carbocycles. The number of urea groups is 1. The van der Waals surface area contributed by atoms with Gasteiger partial charge in [0.2, 0.25) is 0 Å². The van der Waals surface area contributed by atoms with Crippen LogP contribution >= 0.6 is 11.6 Å². The monoisotopic (exact) mass is 278 g/mol. The molecule has 1 aromatic rings. The highest BCUT2D eigenvalue weighted by atomic mass is 35.5. The van der Waals surface area contributed by atoms with Crippen molar-refractivity contribution < 1.29 is 4.79 Å². The molecule has 5 nitrogen and oxygen atoms in total. The van der Waals surface area contributed by atoms with Gasteiger partial charge in [-0.25, -0.2) is 9.79 Å². The lowest BCUT2D eigenvalue weighted by atomic mass is 10.2. The van der Waals surface area contributed by atoms with Crippen molar-refractivity contribution >= 4 is 29.3 Å². The summed E-state index contributed by atoms with van der Waals surface area (Å²) in [6, 6.07) is 4.95. The Labute approximate surface area is 117 Å². The van der Waals surface area contributed by atoms with Gasteiger partial charge in [-0.05, 0) is 18.6 Å². The zero-order valence-electron chi connectivity index (χ0n) is 10.8. The van der Waals surface area contributed by atoms with Gasteiger partial charge in [0.1, 0.15) is 6.54 Å². The van der Waals surface area contributed by atoms with Crippen molar-refractivity contribution in [3.63, 3.8) is 0 Å². The summed E-state index contributed by atoms with van der Waals surface area (Å²) in [6.45, 7) is 1.97. The zero-order valence-corrected chi connectivity index (χ0v) is 11.5. The van der Waals surface area contributed by atoms with Crippen molar-refractivity contribution in [3.05, 3.63) is 28.8 Å². The highest BCUT2D eigenvalue weighted by molar-refractivity contribution is 6.34. The van der Waals surface area contributed by atoms with Crippen molar-refractivity contribution in [2.24, 2.45) is 10.7 Å². The highest BCUT2D eigenvalue weighted by Gasteiger charge is 2.16. The molecule has 0 saturated heterocycles. The van der Waals surface area contributed by atoms with Crippen molar-refractivity contribution in [1.29, 1.82) is 0 Å². The summed E-state index contributed by atoms with van der Waals surface area (Å²) in [6.07, 6.45) is 5.04. The first-order valence-electron chi connectivity index (χ1n) is 5.50. The largest absolute Gasteiger partial charge is 0.370 e. The number of para-hydroxylation sites is 1. The van der Waals surface area contributed by atoms with Crippen LogP contribution in [0, 0.1) is 19.3 Å². The summed E-state index contributed by atoms with van der Waals surface area (Å²) in [7, 11) is 1.60. The molecule has 0 bridgehead atoms. The number of halogens is 1. The molecule has 0 aliphatic heterocycles. The highest BCUT2D eigenvalue weighted by Crippen LogP contribution is 2.28. The summed E-state index contributed by atoms with van der Waals surface area (Å²) in [5.41, 5.74) is 7.01. The van der Waals surface area contributed by atoms with Gasteiger partial charge in [-0.3, -0.25) is 10.2 Å². The number of carbonyl (C=O) groups is 1. The van der Waals surface area contributed by atoms with E-state index in [1.54, 1.807) is 13.1 Å². The summed E-state index contributed by atoms with van der Waals surface area (Å²) in [5.74, 6) is 2.27. The summed E-state index contributed by atoms with van der Waals surface area (Å²) >= 11 is 6.08. The Morgan fingerprint density at radius 2 is 2.32 bits per heavy atom. The van der Waals surface area contributed by atoms with Crippen LogP contribution in [0.5, 0.6) is 0 Å². The number of guanidine groups is 1. The number of nitrogens with one attached hydrogen (secondary N) is 1. The molecule has 0 spiro atoms. The number of aliphatic imine (C=N–C) groups is 1. The molecule has 0 aliphatic rings. The van der Waals surface area contributed by atoms with Gasteiger partial charge in [-0.15, -0.1) is 6.42 Å². The number of carbonyl (C=O) groups excluding carboxylic acids is 1. The minimum atomic E-state index is -0.436. The topological polar surface area (TPSA) is 70.7 Å². The Morgan fingerprint density at radius 3 is 2.89 bits per heavy atom. The van der Waals surface area contributed by atoms with Crippen LogP contribution in [0.25, 0.3) is 0 Å². The predicted molar refractivity (Wildman–Crippen MR) is 78.4 cm³/mol. The number of hydrogen-bond donors (Lipinski definition) is 2. The van der Waals surface area contributed by atoms with Crippen LogP contribution in [0.4, 0.5) is 10.5 Å². The average molecular weight is 279 g/mol. The SMILES string of the molecule is C#CCN=C(N)NC(=O)N(C)c1c(C)cccc1Cl. The maximum Gasteiger partial charge on any atom is 0.328 e. The number of hydrogen-bond acceptors (Lipinski definition) is 2. The molecule has 0 aromatic heterocycles. The van der Waals surface area contributed by atoms with Crippen LogP contribution in [-0.2, 0) is 0 Å². The number of terminal acetylenes is 1. The number of aryl methyl sites for hydroxylation is 1. The molecular formula is C13H15ClN4O. The first kappa shape index (κ1) is 14.9. The van der Waals surface area contributed by atoms with Gasteiger partial charge in [-0.1, -0.05) is 29.7 Å². The molecule has 3 N–H and O–H groups in total. The maximum absolute atomic E-state index is 12.0. The van der Waals surface area contributed by atoms with Gasteiger partial charge in [0.05, 0.1) is 10.7 Å². The van der Waals surface area contributed by atoms with Crippen LogP contribution in [0.15, 0.2) is 23.2 Å². The number of nitrogens with zero attached hydrogens (tertiary/aromatic N) is 2. The fraction of sp³-hybridized carbons (Fsp3) is 0.231. The minimum Gasteiger partial charge on any atom is -0.370 e. The molecule has 2 amide bonds. The van der Waals surface area contributed by atoms with Gasteiger partial charge >= 0.3 is 6.03 Å². The minimum absolute atomic E-state index is 0.0282. The number of anilines is 1. The van der Waals surface area contributed by atoms with E-state index in [4.69, 9.17) is 23.8 Å². The third-order valence-corrected chi connectivity index (χ3v) is 2.71. The molecule has 0 atom stereocenters. The molecule has 6 heteroatoms. The van der Waals surface area contributed by atoms with Gasteiger partial charge in [0, 0.05) is 7.05 Å². The van der Waals surface area contributed by atoms with Gasteiger partial charge in [0.25, 0.3) is 0 Å². The second-order valence-electron chi connectivity index (χ2n) is 3.80. The Morgan fingerprint density at radius 1 is 1.63 bits per heavy atom. The third-order valence-electron chi connectivity index (χ3n) is 2.40. The number of rotatable bonds is 2. The van der Waals surface area contributed by atoms with Crippen LogP contribution in [0.1, 0.15) is 5.56 Å². The molecule has 0 fully saturated rings. The third kappa shape index (κ3) is 3.90. The van der Waals surface area contributed by atoms with Crippen LogP contribution in [0.3, 0.4) is 0 Å². The van der Waals surface area contributed by atoms with Crippen molar-refractivity contribution in [1.82, 2.24) is 5.32 Å². The molecular weight excluding hydrogens is 264 g/mol. The summed E-state index contributed by atoms with van der Waals surface area (Å²) in [4.78, 5) is 17.1. The molecule has 0 unspecified atom stereocenters. The van der Waals surface area contributed by atoms with E-state index in [0.29, 0.717) is 10.7 Å². The van der Waals surface area contributed by atoms with Gasteiger partial charge < -0.3 is 5.73 Å². The first-order chi connectivity index (χ1) is 8.97. The maximum atomic E-state index is 12.0. The summed E-state index contributed by atoms with van der Waals surface area (Å²) in [5, 5.41) is 2.91. The second kappa shape index (κ2) is 6.66. The zero-order chi connectivity index (χ0) is 14.4. The first-order valence-corrected chi connectivity index (χ1v) is 5.88. The lowest BCUT2D eigenvalue weighted by Gasteiger charge is -2.21. The van der Waals surface area contributed by atoms with E-state index >= 15 is 0 Å². The van der Waals surface area contributed by atoms with Crippen LogP contribution in [0.2, 0.25) is 5.02 Å². The Bertz CT molecular complexity index is 528. The molecule has 100 valence electrons. The fourth-order valence-corrected chi connectivity index (χ4v) is 1.86. The van der Waals surface area contributed by atoms with Crippen LogP contribution < -0.4 is 16.0 Å². The van der Waals surface area contributed by atoms with Crippen molar-refractivity contribution in [2.75, 3.05) is 18.5 Å². The average Bonchev–Trinajstić information content (AvgIpc) is 2.35. The molecule has 0 heterocycles. The van der Waals surface area contributed by atoms with E-state index < -0.39 is 6.03 Å². The van der Waals surface area contributed by atoms with E-state index in [0.717, 1.165) is 5.56 Å². The Hall–Kier alpha value is -2.19. The molecule has 19 heavy (non-hydrogen) atoms. The molecule has 0 saturated carbocycles. The van der Waals surface area contributed by atoms with E-state index in [1.165, 1.54) is 4.90 Å². The van der Waals surface area contributed by atoms with E-state index in [2.05, 4.69) is 16.2 Å². The van der Waals surface area contributed by atoms with Gasteiger partial charge in [0.15, 0.2) is 5.96 Å². The molecule has 0 aliphatic carbocycles. The lowest BCUT2D eigenvalue weighted by Crippen LogP contribution is -2.44. The number of benzene rings is 1. The lowest BCUT2D eigenvalue weighted by molar-refractivity contribution is 0.251. The quantitative estimate of drug-likeness (QED) is 0.491. The van der Waals surface area contributed by atoms with Crippen LogP contribution in [-0.4, -0.2) is 25.6 Å². The van der Waals surface area contributed by atoms with E-state index in [-0.39, 0.29) is 12.5 Å². The second-order valence-corrected chi connectivity index (χ2v) is 4.21. The Balaban J connectivity index is 2.86. The molecule has 0 radical (unpaired) electrons. The number of nitrogens with two attached hydrogens (primary N) is 1. The fourth-order valence-electron chi connectivity index (χ4n) is 1.51. The Kier molecular flexibility index (Phi) is 5.22. The van der Waals surface area contributed by atoms with Crippen molar-refractivity contribution in [3.8, 4) is 12.3 Å². The smallest absolute Gasteiger partial charge is 0.328 e. The number of amides is 2. The predicted octanol–water partition coefficient (Wildman–Crippen LogP) is 1.74. The van der Waals surface area contributed by atoms with E-state index in [9.17, 15) is 4.79 Å². The van der Waals surface area contributed by atoms with E-state index in [1.807, 2.05) is 19.1 Å². The van der Waals surface area contributed by atoms with Crippen molar-refractivity contribution in [2.45, 2.75) is 6.92 Å². The molecule has 1 rings (SSSR count). The summed E-state index contributed by atoms with van der Waals surface area (Å²) < 4.78 is 0. The van der Waals surface area contributed by atoms with Gasteiger partial charge in [-0.2, -0.15) is 0 Å². The standard InChI is InChI=1S/C13H15ClN4O/c1-4-8-16-12(15)17-13(19)18(3)11-9(2)6-5-7-10(11)14/h1,5-7H,8H2,2-3H3,(H3,15,16,17,19).